The molecule has 9 nitrogen and oxygen atoms in total. The third kappa shape index (κ3) is 4.10. The molecule has 1 atom stereocenters. The summed E-state index contributed by atoms with van der Waals surface area (Å²) < 4.78 is 0. The Hall–Kier alpha value is -2.42. The number of anilines is 4. The number of hydrogen-bond donors (Lipinski definition) is 5. The quantitative estimate of drug-likeness (QED) is 0.463. The summed E-state index contributed by atoms with van der Waals surface area (Å²) in [5, 5.41) is 21.7. The predicted octanol–water partition coefficient (Wildman–Crippen LogP) is 1.37. The highest BCUT2D eigenvalue weighted by molar-refractivity contribution is 5.94. The predicted molar refractivity (Wildman–Crippen MR) is 97.7 cm³/mol. The summed E-state index contributed by atoms with van der Waals surface area (Å²) in [6.45, 7) is 5.53. The van der Waals surface area contributed by atoms with E-state index < -0.39 is 0 Å². The van der Waals surface area contributed by atoms with Crippen molar-refractivity contribution in [1.82, 2.24) is 19.9 Å². The molecule has 132 valence electrons. The van der Waals surface area contributed by atoms with Gasteiger partial charge in [0.2, 0.25) is 11.9 Å². The molecule has 0 bridgehead atoms. The van der Waals surface area contributed by atoms with Crippen molar-refractivity contribution in [2.45, 2.75) is 20.3 Å². The lowest BCUT2D eigenvalue weighted by atomic mass is 10.2. The molecular weight excluding hydrogens is 308 g/mol. The molecule has 2 heterocycles. The topological polar surface area (TPSA) is 120 Å². The first kappa shape index (κ1) is 17.9. The summed E-state index contributed by atoms with van der Waals surface area (Å²) in [6.07, 6.45) is 0.976. The fraction of sp³-hybridized carbons (Fsp3) is 0.600. The van der Waals surface area contributed by atoms with Crippen LogP contribution in [0.3, 0.4) is 0 Å². The Morgan fingerprint density at radius 1 is 0.917 bits per heavy atom. The molecule has 5 N–H and O–H groups in total. The van der Waals surface area contributed by atoms with Crippen LogP contribution >= 0.6 is 0 Å². The average Bonchev–Trinajstić information content (AvgIpc) is 2.63. The molecule has 0 radical (unpaired) electrons. The Balaban J connectivity index is 2.53. The van der Waals surface area contributed by atoms with Gasteiger partial charge in [0.25, 0.3) is 0 Å². The first-order valence-electron chi connectivity index (χ1n) is 8.16. The number of aromatic nitrogens is 4. The maximum Gasteiger partial charge on any atom is 0.225 e. The number of aliphatic hydroxyl groups is 1. The van der Waals surface area contributed by atoms with E-state index in [4.69, 9.17) is 0 Å². The highest BCUT2D eigenvalue weighted by Crippen LogP contribution is 2.26. The summed E-state index contributed by atoms with van der Waals surface area (Å²) in [5.41, 5.74) is 1.29. The van der Waals surface area contributed by atoms with Crippen molar-refractivity contribution in [2.75, 3.05) is 55.1 Å². The smallest absolute Gasteiger partial charge is 0.225 e. The summed E-state index contributed by atoms with van der Waals surface area (Å²) >= 11 is 0. The van der Waals surface area contributed by atoms with Crippen molar-refractivity contribution in [2.24, 2.45) is 5.92 Å². The highest BCUT2D eigenvalue weighted by atomic mass is 16.3. The molecule has 0 spiro atoms. The fourth-order valence-electron chi connectivity index (χ4n) is 2.06. The maximum atomic E-state index is 9.22. The minimum Gasteiger partial charge on any atom is -0.396 e. The van der Waals surface area contributed by atoms with Crippen LogP contribution in [-0.2, 0) is 0 Å². The SMILES string of the molecule is CCCNc1nc(NC)nc2c(NCC(C)CO)nc(NC)nc12. The van der Waals surface area contributed by atoms with Crippen LogP contribution in [0, 0.1) is 5.92 Å². The van der Waals surface area contributed by atoms with E-state index in [9.17, 15) is 5.11 Å². The molecule has 0 aliphatic rings. The van der Waals surface area contributed by atoms with Crippen LogP contribution in [0.15, 0.2) is 0 Å². The highest BCUT2D eigenvalue weighted by Gasteiger charge is 2.15. The minimum absolute atomic E-state index is 0.106. The molecule has 0 aromatic carbocycles. The third-order valence-electron chi connectivity index (χ3n) is 3.46. The van der Waals surface area contributed by atoms with E-state index in [1.54, 1.807) is 14.1 Å². The summed E-state index contributed by atoms with van der Waals surface area (Å²) in [4.78, 5) is 17.9. The number of nitrogens with one attached hydrogen (secondary N) is 4. The second-order valence-corrected chi connectivity index (χ2v) is 5.58. The summed E-state index contributed by atoms with van der Waals surface area (Å²) in [5.74, 6) is 2.38. The number of aliphatic hydroxyl groups excluding tert-OH is 1. The number of rotatable bonds is 9. The Bertz CT molecular complexity index is 678. The molecule has 0 fully saturated rings. The fourth-order valence-corrected chi connectivity index (χ4v) is 2.06. The van der Waals surface area contributed by atoms with Gasteiger partial charge in [0.15, 0.2) is 11.6 Å². The molecule has 0 aliphatic carbocycles. The van der Waals surface area contributed by atoms with Crippen molar-refractivity contribution in [3.05, 3.63) is 0 Å². The molecule has 0 saturated carbocycles. The van der Waals surface area contributed by atoms with Gasteiger partial charge < -0.3 is 26.4 Å². The Kier molecular flexibility index (Phi) is 6.30. The van der Waals surface area contributed by atoms with Crippen LogP contribution in [-0.4, -0.2) is 58.8 Å². The third-order valence-corrected chi connectivity index (χ3v) is 3.46. The lowest BCUT2D eigenvalue weighted by Gasteiger charge is -2.15. The van der Waals surface area contributed by atoms with E-state index in [-0.39, 0.29) is 12.5 Å². The Morgan fingerprint density at radius 2 is 1.46 bits per heavy atom. The number of nitrogens with zero attached hydrogens (tertiary/aromatic N) is 4. The largest absolute Gasteiger partial charge is 0.396 e. The van der Waals surface area contributed by atoms with Gasteiger partial charge in [-0.15, -0.1) is 0 Å². The van der Waals surface area contributed by atoms with E-state index in [1.807, 2.05) is 6.92 Å². The monoisotopic (exact) mass is 334 g/mol. The van der Waals surface area contributed by atoms with Crippen molar-refractivity contribution in [3.8, 4) is 0 Å². The van der Waals surface area contributed by atoms with E-state index in [1.165, 1.54) is 0 Å². The van der Waals surface area contributed by atoms with Crippen LogP contribution in [0.25, 0.3) is 11.0 Å². The molecule has 0 amide bonds. The first-order valence-corrected chi connectivity index (χ1v) is 8.16. The van der Waals surface area contributed by atoms with Gasteiger partial charge in [0.05, 0.1) is 0 Å². The zero-order chi connectivity index (χ0) is 17.5. The molecule has 1 unspecified atom stereocenters. The van der Waals surface area contributed by atoms with Crippen LogP contribution in [0.2, 0.25) is 0 Å². The first-order chi connectivity index (χ1) is 11.6. The van der Waals surface area contributed by atoms with Crippen LogP contribution < -0.4 is 21.3 Å². The van der Waals surface area contributed by atoms with Gasteiger partial charge >= 0.3 is 0 Å². The van der Waals surface area contributed by atoms with Gasteiger partial charge in [-0.25, -0.2) is 9.97 Å². The van der Waals surface area contributed by atoms with Crippen LogP contribution in [0.1, 0.15) is 20.3 Å². The molecule has 0 aliphatic heterocycles. The molecule has 2 rings (SSSR count). The van der Waals surface area contributed by atoms with Gasteiger partial charge in [0.1, 0.15) is 11.0 Å². The molecular formula is C15H26N8O. The molecule has 2 aromatic heterocycles. The van der Waals surface area contributed by atoms with Crippen molar-refractivity contribution in [1.29, 1.82) is 0 Å². The van der Waals surface area contributed by atoms with Crippen LogP contribution in [0.5, 0.6) is 0 Å². The van der Waals surface area contributed by atoms with Crippen molar-refractivity contribution < 1.29 is 5.11 Å². The number of hydrogen-bond acceptors (Lipinski definition) is 9. The normalized spacial score (nSPS) is 12.0. The van der Waals surface area contributed by atoms with Crippen molar-refractivity contribution in [3.63, 3.8) is 0 Å². The average molecular weight is 334 g/mol. The number of fused-ring (bicyclic) bond motifs is 1. The Morgan fingerprint density at radius 3 is 1.92 bits per heavy atom. The van der Waals surface area contributed by atoms with Gasteiger partial charge in [0, 0.05) is 33.8 Å². The molecule has 9 heteroatoms. The van der Waals surface area contributed by atoms with Gasteiger partial charge in [-0.1, -0.05) is 13.8 Å². The van der Waals surface area contributed by atoms with Gasteiger partial charge in [-0.3, -0.25) is 0 Å². The summed E-state index contributed by atoms with van der Waals surface area (Å²) in [6, 6.07) is 0. The standard InChI is InChI=1S/C15H26N8O/c1-5-6-18-12-10-11(21-14(16-3)22-12)13(19-7-9(2)8-24)23-15(17-4)20-10/h9,24H,5-8H2,1-4H3,(H2,16,18,21,22)(H2,17,19,20,23). The van der Waals surface area contributed by atoms with Crippen molar-refractivity contribution >= 4 is 34.6 Å². The maximum absolute atomic E-state index is 9.22. The zero-order valence-corrected chi connectivity index (χ0v) is 14.6. The molecule has 0 saturated heterocycles. The van der Waals surface area contributed by atoms with Crippen LogP contribution in [0.4, 0.5) is 23.5 Å². The second-order valence-electron chi connectivity index (χ2n) is 5.58. The van der Waals surface area contributed by atoms with E-state index in [0.29, 0.717) is 41.1 Å². The van der Waals surface area contributed by atoms with E-state index >= 15 is 0 Å². The lowest BCUT2D eigenvalue weighted by Crippen LogP contribution is -2.17. The molecule has 2 aromatic rings. The van der Waals surface area contributed by atoms with Gasteiger partial charge in [-0.05, 0) is 12.3 Å². The van der Waals surface area contributed by atoms with E-state index in [0.717, 1.165) is 13.0 Å². The minimum atomic E-state index is 0.106. The van der Waals surface area contributed by atoms with Gasteiger partial charge in [-0.2, -0.15) is 9.97 Å². The lowest BCUT2D eigenvalue weighted by molar-refractivity contribution is 0.244. The summed E-state index contributed by atoms with van der Waals surface area (Å²) in [7, 11) is 3.54. The second kappa shape index (κ2) is 8.44. The zero-order valence-electron chi connectivity index (χ0n) is 14.6. The molecule has 24 heavy (non-hydrogen) atoms. The van der Waals surface area contributed by atoms with E-state index in [2.05, 4.69) is 48.1 Å². The Labute approximate surface area is 141 Å².